The van der Waals surface area contributed by atoms with E-state index < -0.39 is 16.4 Å². The molecule has 1 aromatic carbocycles. The van der Waals surface area contributed by atoms with E-state index in [0.717, 1.165) is 11.8 Å². The molecule has 0 aliphatic rings. The molecule has 0 radical (unpaired) electrons. The van der Waals surface area contributed by atoms with Gasteiger partial charge in [-0.05, 0) is 18.6 Å². The Morgan fingerprint density at radius 1 is 1.21 bits per heavy atom. The van der Waals surface area contributed by atoms with Gasteiger partial charge in [0.2, 0.25) is 0 Å². The zero-order chi connectivity index (χ0) is 14.1. The summed E-state index contributed by atoms with van der Waals surface area (Å²) in [4.78, 5) is 0. The molecule has 19 heavy (non-hydrogen) atoms. The Balaban J connectivity index is 2.18. The van der Waals surface area contributed by atoms with E-state index in [4.69, 9.17) is 9.47 Å². The molecule has 0 aliphatic heterocycles. The van der Waals surface area contributed by atoms with Crippen LogP contribution in [0, 0.1) is 0 Å². The van der Waals surface area contributed by atoms with E-state index >= 15 is 0 Å². The Morgan fingerprint density at radius 2 is 1.89 bits per heavy atom. The lowest BCUT2D eigenvalue weighted by Crippen LogP contribution is -2.15. The van der Waals surface area contributed by atoms with Gasteiger partial charge in [0, 0.05) is 0 Å². The Labute approximate surface area is 113 Å². The van der Waals surface area contributed by atoms with Crippen LogP contribution in [-0.2, 0) is 23.8 Å². The second-order valence-corrected chi connectivity index (χ2v) is 5.46. The van der Waals surface area contributed by atoms with Crippen LogP contribution in [0.3, 0.4) is 0 Å². The van der Waals surface area contributed by atoms with Gasteiger partial charge in [0.1, 0.15) is 0 Å². The highest BCUT2D eigenvalue weighted by molar-refractivity contribution is 7.85. The number of hydrogen-bond acceptors (Lipinski definition) is 5. The van der Waals surface area contributed by atoms with E-state index in [9.17, 15) is 8.42 Å². The average Bonchev–Trinajstić information content (AvgIpc) is 2.35. The van der Waals surface area contributed by atoms with Crippen LogP contribution in [0.1, 0.15) is 12.5 Å². The molecule has 106 valence electrons. The van der Waals surface area contributed by atoms with Crippen LogP contribution in [0.2, 0.25) is 0 Å². The number of benzene rings is 1. The summed E-state index contributed by atoms with van der Waals surface area (Å²) in [6.07, 6.45) is 3.88. The van der Waals surface area contributed by atoms with Crippen molar-refractivity contribution in [3.63, 3.8) is 0 Å². The summed E-state index contributed by atoms with van der Waals surface area (Å²) in [5, 5.41) is 0. The Hall–Kier alpha value is -1.37. The third kappa shape index (κ3) is 8.36. The molecule has 6 heteroatoms. The normalized spacial score (nSPS) is 13.6. The Morgan fingerprint density at radius 3 is 2.53 bits per heavy atom. The molecule has 5 nitrogen and oxygen atoms in total. The van der Waals surface area contributed by atoms with Gasteiger partial charge in [-0.15, -0.1) is 0 Å². The topological polar surface area (TPSA) is 61.8 Å². The van der Waals surface area contributed by atoms with Gasteiger partial charge in [-0.3, -0.25) is 4.18 Å². The molecule has 0 N–H and O–H groups in total. The van der Waals surface area contributed by atoms with Crippen molar-refractivity contribution < 1.29 is 22.1 Å². The van der Waals surface area contributed by atoms with Crippen LogP contribution in [0.5, 0.6) is 0 Å². The van der Waals surface area contributed by atoms with Crippen LogP contribution in [0.15, 0.2) is 36.6 Å². The monoisotopic (exact) mass is 286 g/mol. The minimum Gasteiger partial charge on any atom is -0.473 e. The molecular weight excluding hydrogens is 268 g/mol. The van der Waals surface area contributed by atoms with Crippen molar-refractivity contribution in [2.45, 2.75) is 13.2 Å². The third-order valence-corrected chi connectivity index (χ3v) is 2.66. The van der Waals surface area contributed by atoms with Crippen molar-refractivity contribution in [1.82, 2.24) is 0 Å². The van der Waals surface area contributed by atoms with Crippen LogP contribution >= 0.6 is 0 Å². The first-order valence-corrected chi connectivity index (χ1v) is 7.62. The molecule has 0 bridgehead atoms. The molecule has 0 aliphatic carbocycles. The lowest BCUT2D eigenvalue weighted by molar-refractivity contribution is -0.0976. The van der Waals surface area contributed by atoms with Crippen molar-refractivity contribution in [2.75, 3.05) is 19.5 Å². The highest BCUT2D eigenvalue weighted by atomic mass is 32.2. The quantitative estimate of drug-likeness (QED) is 0.316. The molecule has 0 heterocycles. The third-order valence-electron chi connectivity index (χ3n) is 2.06. The molecule has 1 atom stereocenters. The first kappa shape index (κ1) is 15.7. The lowest BCUT2D eigenvalue weighted by atomic mass is 10.2. The van der Waals surface area contributed by atoms with E-state index in [1.54, 1.807) is 6.92 Å². The van der Waals surface area contributed by atoms with Crippen molar-refractivity contribution in [3.8, 4) is 0 Å². The number of ether oxygens (including phenoxy) is 2. The maximum absolute atomic E-state index is 10.7. The van der Waals surface area contributed by atoms with Crippen molar-refractivity contribution >= 4 is 16.2 Å². The van der Waals surface area contributed by atoms with Gasteiger partial charge in [-0.2, -0.15) is 8.42 Å². The summed E-state index contributed by atoms with van der Waals surface area (Å²) in [5.74, 6) is 0. The fraction of sp³-hybridized carbons (Fsp3) is 0.385. The summed E-state index contributed by atoms with van der Waals surface area (Å²) >= 11 is 0. The molecule has 1 aromatic rings. The molecule has 1 rings (SSSR count). The maximum atomic E-state index is 10.7. The summed E-state index contributed by atoms with van der Waals surface area (Å²) in [7, 11) is -3.41. The van der Waals surface area contributed by atoms with Gasteiger partial charge in [-0.1, -0.05) is 30.3 Å². The van der Waals surface area contributed by atoms with Crippen LogP contribution < -0.4 is 0 Å². The molecule has 0 spiro atoms. The summed E-state index contributed by atoms with van der Waals surface area (Å²) in [6.45, 7) is 1.85. The van der Waals surface area contributed by atoms with Crippen LogP contribution in [0.25, 0.3) is 6.08 Å². The molecule has 0 saturated heterocycles. The van der Waals surface area contributed by atoms with Crippen molar-refractivity contribution in [2.24, 2.45) is 0 Å². The Kier molecular flexibility index (Phi) is 6.55. The molecule has 0 fully saturated rings. The van der Waals surface area contributed by atoms with Gasteiger partial charge >= 0.3 is 0 Å². The minimum absolute atomic E-state index is 0.0189. The molecule has 1 unspecified atom stereocenters. The molecule has 0 saturated carbocycles. The van der Waals surface area contributed by atoms with E-state index in [0.29, 0.717) is 0 Å². The van der Waals surface area contributed by atoms with Crippen LogP contribution in [0.4, 0.5) is 0 Å². The fourth-order valence-corrected chi connectivity index (χ4v) is 1.60. The smallest absolute Gasteiger partial charge is 0.264 e. The molecule has 0 aromatic heterocycles. The Bertz CT molecular complexity index is 481. The predicted molar refractivity (Wildman–Crippen MR) is 72.8 cm³/mol. The zero-order valence-electron chi connectivity index (χ0n) is 11.0. The predicted octanol–water partition coefficient (Wildman–Crippen LogP) is 2.01. The highest BCUT2D eigenvalue weighted by Crippen LogP contribution is 2.03. The largest absolute Gasteiger partial charge is 0.473 e. The number of hydrogen-bond donors (Lipinski definition) is 0. The minimum atomic E-state index is -3.41. The molecular formula is C13H18O5S. The second kappa shape index (κ2) is 7.93. The summed E-state index contributed by atoms with van der Waals surface area (Å²) in [6, 6.07) is 9.70. The standard InChI is InChI=1S/C13H18O5S/c1-12(17-10-11-18-19(2,14)15)16-9-8-13-6-4-3-5-7-13/h3-9,12H,10-11H2,1-2H3. The van der Waals surface area contributed by atoms with E-state index in [1.165, 1.54) is 6.26 Å². The van der Waals surface area contributed by atoms with E-state index in [2.05, 4.69) is 4.18 Å². The zero-order valence-corrected chi connectivity index (χ0v) is 11.8. The number of rotatable bonds is 8. The van der Waals surface area contributed by atoms with Crippen molar-refractivity contribution in [3.05, 3.63) is 42.2 Å². The maximum Gasteiger partial charge on any atom is 0.264 e. The fourth-order valence-electron chi connectivity index (χ4n) is 1.23. The highest BCUT2D eigenvalue weighted by Gasteiger charge is 2.03. The first-order valence-electron chi connectivity index (χ1n) is 5.80. The summed E-state index contributed by atoms with van der Waals surface area (Å²) in [5.41, 5.74) is 1.02. The van der Waals surface area contributed by atoms with E-state index in [-0.39, 0.29) is 13.2 Å². The van der Waals surface area contributed by atoms with Crippen LogP contribution in [-0.4, -0.2) is 34.2 Å². The van der Waals surface area contributed by atoms with Gasteiger partial charge in [0.25, 0.3) is 10.1 Å². The molecule has 0 amide bonds. The second-order valence-electron chi connectivity index (χ2n) is 3.81. The summed E-state index contributed by atoms with van der Waals surface area (Å²) < 4.78 is 36.4. The van der Waals surface area contributed by atoms with E-state index in [1.807, 2.05) is 36.4 Å². The first-order chi connectivity index (χ1) is 8.97. The van der Waals surface area contributed by atoms with Gasteiger partial charge < -0.3 is 9.47 Å². The van der Waals surface area contributed by atoms with Gasteiger partial charge in [0.05, 0.1) is 25.7 Å². The lowest BCUT2D eigenvalue weighted by Gasteiger charge is -2.12. The van der Waals surface area contributed by atoms with Gasteiger partial charge in [-0.25, -0.2) is 0 Å². The SMILES string of the molecule is CC(OC=Cc1ccccc1)OCCOS(C)(=O)=O. The van der Waals surface area contributed by atoms with Crippen molar-refractivity contribution in [1.29, 1.82) is 0 Å². The average molecular weight is 286 g/mol. The van der Waals surface area contributed by atoms with Gasteiger partial charge in [0.15, 0.2) is 6.29 Å².